The minimum atomic E-state index is -1.20. The second kappa shape index (κ2) is 18.1. The van der Waals surface area contributed by atoms with E-state index in [0.717, 1.165) is 11.1 Å². The molecular formula is C35H52N4O7. The van der Waals surface area contributed by atoms with Gasteiger partial charge in [0.25, 0.3) is 0 Å². The van der Waals surface area contributed by atoms with Gasteiger partial charge in [-0.2, -0.15) is 0 Å². The molecule has 0 aliphatic carbocycles. The van der Waals surface area contributed by atoms with Gasteiger partial charge in [-0.1, -0.05) is 88.4 Å². The third kappa shape index (κ3) is 13.5. The molecule has 11 nitrogen and oxygen atoms in total. The van der Waals surface area contributed by atoms with Crippen molar-refractivity contribution in [2.45, 2.75) is 97.7 Å². The van der Waals surface area contributed by atoms with Gasteiger partial charge in [-0.05, 0) is 56.6 Å². The Hall–Kier alpha value is -4.12. The smallest absolute Gasteiger partial charge is 0.407 e. The predicted octanol–water partition coefficient (Wildman–Crippen LogP) is 4.42. The van der Waals surface area contributed by atoms with Crippen LogP contribution < -0.4 is 16.0 Å². The van der Waals surface area contributed by atoms with Crippen LogP contribution in [-0.4, -0.2) is 77.5 Å². The molecule has 46 heavy (non-hydrogen) atoms. The zero-order valence-electron chi connectivity index (χ0n) is 28.4. The summed E-state index contributed by atoms with van der Waals surface area (Å²) in [5.74, 6) is -1.29. The van der Waals surface area contributed by atoms with Crippen LogP contribution in [0.15, 0.2) is 60.7 Å². The summed E-state index contributed by atoms with van der Waals surface area (Å²) < 4.78 is 10.3. The molecule has 0 fully saturated rings. The first-order valence-corrected chi connectivity index (χ1v) is 15.8. The van der Waals surface area contributed by atoms with E-state index in [1.165, 1.54) is 12.0 Å². The van der Waals surface area contributed by atoms with Crippen LogP contribution in [0.5, 0.6) is 0 Å². The van der Waals surface area contributed by atoms with E-state index in [1.54, 1.807) is 34.6 Å². The minimum Gasteiger partial charge on any atom is -0.467 e. The SMILES string of the molecule is COC(=O)[C@H](NC(=O)[C@@H](CC(C)C)NC(=O)N(Cc1ccccc1)C[C@@H](O)[C@@H](Cc1ccccc1)NC(=O)OC(C)(C)C)C(C)C. The maximum atomic E-state index is 13.9. The maximum absolute atomic E-state index is 13.9. The van der Waals surface area contributed by atoms with Gasteiger partial charge in [0.2, 0.25) is 5.91 Å². The average Bonchev–Trinajstić information content (AvgIpc) is 2.98. The number of hydrogen-bond donors (Lipinski definition) is 4. The van der Waals surface area contributed by atoms with Crippen LogP contribution >= 0.6 is 0 Å². The average molecular weight is 641 g/mol. The summed E-state index contributed by atoms with van der Waals surface area (Å²) in [7, 11) is 1.26. The molecule has 11 heteroatoms. The highest BCUT2D eigenvalue weighted by molar-refractivity contribution is 5.90. The number of aliphatic hydroxyl groups excluding tert-OH is 1. The Labute approximate surface area is 273 Å². The number of alkyl carbamates (subject to hydrolysis) is 1. The van der Waals surface area contributed by atoms with Crippen molar-refractivity contribution in [2.75, 3.05) is 13.7 Å². The van der Waals surface area contributed by atoms with Crippen LogP contribution in [-0.2, 0) is 32.0 Å². The second-order valence-electron chi connectivity index (χ2n) is 13.3. The van der Waals surface area contributed by atoms with Crippen molar-refractivity contribution in [1.82, 2.24) is 20.9 Å². The van der Waals surface area contributed by atoms with Crippen molar-refractivity contribution in [2.24, 2.45) is 11.8 Å². The zero-order valence-corrected chi connectivity index (χ0v) is 28.4. The number of carbonyl (C=O) groups is 4. The molecule has 0 saturated heterocycles. The number of ether oxygens (including phenoxy) is 2. The van der Waals surface area contributed by atoms with Gasteiger partial charge in [-0.3, -0.25) is 4.79 Å². The number of esters is 1. The highest BCUT2D eigenvalue weighted by Gasteiger charge is 2.32. The summed E-state index contributed by atoms with van der Waals surface area (Å²) in [4.78, 5) is 53.9. The maximum Gasteiger partial charge on any atom is 0.407 e. The molecule has 0 spiro atoms. The summed E-state index contributed by atoms with van der Waals surface area (Å²) in [6.45, 7) is 12.6. The monoisotopic (exact) mass is 640 g/mol. The van der Waals surface area contributed by atoms with Crippen molar-refractivity contribution < 1.29 is 33.8 Å². The number of aliphatic hydroxyl groups is 1. The number of rotatable bonds is 15. The van der Waals surface area contributed by atoms with Gasteiger partial charge in [0.05, 0.1) is 25.8 Å². The number of hydrogen-bond acceptors (Lipinski definition) is 7. The van der Waals surface area contributed by atoms with Crippen LogP contribution in [0.4, 0.5) is 9.59 Å². The van der Waals surface area contributed by atoms with E-state index < -0.39 is 53.8 Å². The molecule has 4 N–H and O–H groups in total. The normalized spacial score (nSPS) is 14.1. The Balaban J connectivity index is 2.36. The topological polar surface area (TPSA) is 146 Å². The Morgan fingerprint density at radius 3 is 1.91 bits per heavy atom. The Morgan fingerprint density at radius 1 is 0.848 bits per heavy atom. The predicted molar refractivity (Wildman–Crippen MR) is 177 cm³/mol. The zero-order chi connectivity index (χ0) is 34.4. The summed E-state index contributed by atoms with van der Waals surface area (Å²) in [5, 5.41) is 19.9. The van der Waals surface area contributed by atoms with Crippen LogP contribution in [0.2, 0.25) is 0 Å². The summed E-state index contributed by atoms with van der Waals surface area (Å²) in [5.41, 5.74) is 0.931. The fraction of sp³-hybridized carbons (Fsp3) is 0.543. The third-order valence-corrected chi connectivity index (χ3v) is 7.12. The lowest BCUT2D eigenvalue weighted by Gasteiger charge is -2.32. The number of methoxy groups -OCH3 is 1. The number of amides is 4. The fourth-order valence-electron chi connectivity index (χ4n) is 4.81. The molecule has 2 aromatic carbocycles. The van der Waals surface area contributed by atoms with E-state index in [0.29, 0.717) is 6.42 Å². The molecule has 4 amide bonds. The molecule has 0 aliphatic rings. The summed E-state index contributed by atoms with van der Waals surface area (Å²) in [6.07, 6.45) is -1.30. The van der Waals surface area contributed by atoms with E-state index in [9.17, 15) is 24.3 Å². The molecule has 0 aliphatic heterocycles. The van der Waals surface area contributed by atoms with Crippen molar-refractivity contribution >= 4 is 24.0 Å². The van der Waals surface area contributed by atoms with E-state index in [2.05, 4.69) is 16.0 Å². The Kier molecular flexibility index (Phi) is 15.0. The summed E-state index contributed by atoms with van der Waals surface area (Å²) in [6, 6.07) is 15.4. The molecule has 2 rings (SSSR count). The van der Waals surface area contributed by atoms with Gasteiger partial charge in [-0.25, -0.2) is 14.4 Å². The van der Waals surface area contributed by atoms with E-state index in [1.807, 2.05) is 74.5 Å². The lowest BCUT2D eigenvalue weighted by atomic mass is 10.00. The van der Waals surface area contributed by atoms with Crippen LogP contribution in [0.25, 0.3) is 0 Å². The van der Waals surface area contributed by atoms with Gasteiger partial charge in [0.1, 0.15) is 17.7 Å². The van der Waals surface area contributed by atoms with E-state index >= 15 is 0 Å². The molecule has 0 heterocycles. The van der Waals surface area contributed by atoms with Gasteiger partial charge < -0.3 is 35.4 Å². The van der Waals surface area contributed by atoms with Crippen LogP contribution in [0.3, 0.4) is 0 Å². The van der Waals surface area contributed by atoms with Gasteiger partial charge >= 0.3 is 18.1 Å². The standard InChI is InChI=1S/C35H52N4O7/c1-23(2)19-28(31(41)38-30(24(3)4)32(42)45-8)36-33(43)39(21-26-17-13-10-14-18-26)22-29(40)27(20-25-15-11-9-12-16-25)37-34(44)46-35(5,6)7/h9-18,23-24,27-30,40H,19-22H2,1-8H3,(H,36,43)(H,37,44)(H,38,41)/t27-,28-,29-,30-/m1/s1. The molecule has 254 valence electrons. The Morgan fingerprint density at radius 2 is 1.41 bits per heavy atom. The van der Waals surface area contributed by atoms with Crippen molar-refractivity contribution in [1.29, 1.82) is 0 Å². The van der Waals surface area contributed by atoms with Gasteiger partial charge in [0, 0.05) is 6.54 Å². The van der Waals surface area contributed by atoms with Gasteiger partial charge in [0.15, 0.2) is 0 Å². The minimum absolute atomic E-state index is 0.0353. The lowest BCUT2D eigenvalue weighted by molar-refractivity contribution is -0.146. The lowest BCUT2D eigenvalue weighted by Crippen LogP contribution is -2.57. The largest absolute Gasteiger partial charge is 0.467 e. The number of nitrogens with one attached hydrogen (secondary N) is 3. The molecule has 0 aromatic heterocycles. The first-order valence-electron chi connectivity index (χ1n) is 15.8. The number of nitrogens with zero attached hydrogens (tertiary/aromatic N) is 1. The third-order valence-electron chi connectivity index (χ3n) is 7.12. The second-order valence-corrected chi connectivity index (χ2v) is 13.3. The van der Waals surface area contributed by atoms with E-state index in [4.69, 9.17) is 9.47 Å². The quantitative estimate of drug-likeness (QED) is 0.211. The molecular weight excluding hydrogens is 588 g/mol. The van der Waals surface area contributed by atoms with Gasteiger partial charge in [-0.15, -0.1) is 0 Å². The molecule has 0 unspecified atom stereocenters. The number of benzene rings is 2. The molecule has 4 atom stereocenters. The first-order chi connectivity index (χ1) is 21.6. The Bertz CT molecular complexity index is 1250. The molecule has 0 saturated carbocycles. The molecule has 0 bridgehead atoms. The van der Waals surface area contributed by atoms with Crippen molar-refractivity contribution in [3.05, 3.63) is 71.8 Å². The highest BCUT2D eigenvalue weighted by Crippen LogP contribution is 2.15. The van der Waals surface area contributed by atoms with Crippen LogP contribution in [0.1, 0.15) is 66.0 Å². The number of urea groups is 1. The molecule has 0 radical (unpaired) electrons. The first kappa shape index (κ1) is 38.1. The molecule has 2 aromatic rings. The number of carbonyl (C=O) groups excluding carboxylic acids is 4. The highest BCUT2D eigenvalue weighted by atomic mass is 16.6. The fourth-order valence-corrected chi connectivity index (χ4v) is 4.81. The van der Waals surface area contributed by atoms with Crippen LogP contribution in [0, 0.1) is 11.8 Å². The van der Waals surface area contributed by atoms with Crippen molar-refractivity contribution in [3.8, 4) is 0 Å². The summed E-state index contributed by atoms with van der Waals surface area (Å²) >= 11 is 0. The van der Waals surface area contributed by atoms with Crippen molar-refractivity contribution in [3.63, 3.8) is 0 Å². The van der Waals surface area contributed by atoms with E-state index in [-0.39, 0.29) is 31.3 Å².